The van der Waals surface area contributed by atoms with E-state index in [-0.39, 0.29) is 11.3 Å². The fraction of sp³-hybridized carbons (Fsp3) is 0.0741. The van der Waals surface area contributed by atoms with Gasteiger partial charge >= 0.3 is 5.97 Å². The van der Waals surface area contributed by atoms with Crippen LogP contribution >= 0.6 is 0 Å². The molecular weight excluding hydrogens is 418 g/mol. The molecule has 0 amide bonds. The van der Waals surface area contributed by atoms with E-state index in [1.54, 1.807) is 7.11 Å². The van der Waals surface area contributed by atoms with Crippen molar-refractivity contribution in [1.82, 2.24) is 0 Å². The van der Waals surface area contributed by atoms with E-state index in [0.717, 1.165) is 16.7 Å². The Morgan fingerprint density at radius 3 is 1.67 bits per heavy atom. The van der Waals surface area contributed by atoms with Crippen molar-refractivity contribution in [2.75, 3.05) is 7.11 Å². The second kappa shape index (κ2) is 9.36. The van der Waals surface area contributed by atoms with Gasteiger partial charge in [0.25, 0.3) is 5.69 Å². The van der Waals surface area contributed by atoms with Gasteiger partial charge in [0.1, 0.15) is 5.75 Å². The molecule has 0 radical (unpaired) electrons. The Labute approximate surface area is 191 Å². The lowest BCUT2D eigenvalue weighted by Crippen LogP contribution is -2.35. The van der Waals surface area contributed by atoms with E-state index in [1.807, 2.05) is 84.9 Å². The molecule has 0 aliphatic heterocycles. The average molecular weight is 439 g/mol. The van der Waals surface area contributed by atoms with Crippen molar-refractivity contribution in [2.24, 2.45) is 0 Å². The molecule has 0 saturated carbocycles. The summed E-state index contributed by atoms with van der Waals surface area (Å²) in [6.07, 6.45) is 0. The topological polar surface area (TPSA) is 78.7 Å². The number of nitro groups is 1. The van der Waals surface area contributed by atoms with Crippen molar-refractivity contribution < 1.29 is 19.2 Å². The highest BCUT2D eigenvalue weighted by Crippen LogP contribution is 2.41. The van der Waals surface area contributed by atoms with Gasteiger partial charge in [-0.05, 0) is 24.3 Å². The van der Waals surface area contributed by atoms with Crippen LogP contribution in [0.5, 0.6) is 5.75 Å². The van der Waals surface area contributed by atoms with Crippen LogP contribution in [0.2, 0.25) is 0 Å². The number of rotatable bonds is 7. The summed E-state index contributed by atoms with van der Waals surface area (Å²) >= 11 is 0. The van der Waals surface area contributed by atoms with Crippen molar-refractivity contribution in [2.45, 2.75) is 5.60 Å². The minimum Gasteiger partial charge on any atom is -0.497 e. The Balaban J connectivity index is 1.89. The number of non-ortho nitro benzene ring substituents is 1. The minimum atomic E-state index is -1.26. The van der Waals surface area contributed by atoms with Gasteiger partial charge in [-0.25, -0.2) is 4.79 Å². The molecule has 0 N–H and O–H groups in total. The molecule has 164 valence electrons. The first-order valence-corrected chi connectivity index (χ1v) is 10.3. The quantitative estimate of drug-likeness (QED) is 0.158. The van der Waals surface area contributed by atoms with Gasteiger partial charge in [-0.15, -0.1) is 0 Å². The zero-order chi connectivity index (χ0) is 23.3. The lowest BCUT2D eigenvalue weighted by atomic mass is 9.80. The highest BCUT2D eigenvalue weighted by molar-refractivity contribution is 5.90. The smallest absolute Gasteiger partial charge is 0.339 e. The van der Waals surface area contributed by atoms with Crippen molar-refractivity contribution in [3.05, 3.63) is 142 Å². The van der Waals surface area contributed by atoms with E-state index < -0.39 is 16.5 Å². The molecular formula is C27H21NO5. The van der Waals surface area contributed by atoms with E-state index in [9.17, 15) is 14.9 Å². The molecule has 4 rings (SSSR count). The van der Waals surface area contributed by atoms with E-state index in [0.29, 0.717) is 5.75 Å². The van der Waals surface area contributed by atoms with Crippen LogP contribution in [-0.4, -0.2) is 18.0 Å². The van der Waals surface area contributed by atoms with Gasteiger partial charge in [-0.1, -0.05) is 72.8 Å². The average Bonchev–Trinajstić information content (AvgIpc) is 2.88. The number of ether oxygens (including phenoxy) is 2. The summed E-state index contributed by atoms with van der Waals surface area (Å²) in [7, 11) is 1.59. The van der Waals surface area contributed by atoms with Gasteiger partial charge < -0.3 is 9.47 Å². The number of hydrogen-bond donors (Lipinski definition) is 0. The van der Waals surface area contributed by atoms with E-state index in [4.69, 9.17) is 9.47 Å². The predicted octanol–water partition coefficient (Wildman–Crippen LogP) is 5.75. The van der Waals surface area contributed by atoms with E-state index in [2.05, 4.69) is 0 Å². The second-order valence-corrected chi connectivity index (χ2v) is 7.34. The molecule has 4 aromatic carbocycles. The molecule has 33 heavy (non-hydrogen) atoms. The Kier molecular flexibility index (Phi) is 6.17. The summed E-state index contributed by atoms with van der Waals surface area (Å²) in [6.45, 7) is 0. The third-order valence-corrected chi connectivity index (χ3v) is 5.42. The number of esters is 1. The third kappa shape index (κ3) is 4.32. The molecule has 0 aliphatic rings. The number of methoxy groups -OCH3 is 1. The summed E-state index contributed by atoms with van der Waals surface area (Å²) in [5.74, 6) is 0.0730. The molecule has 0 bridgehead atoms. The van der Waals surface area contributed by atoms with Gasteiger partial charge in [0.05, 0.1) is 17.6 Å². The minimum absolute atomic E-state index is 0.0981. The second-order valence-electron chi connectivity index (χ2n) is 7.34. The highest BCUT2D eigenvalue weighted by atomic mass is 16.6. The van der Waals surface area contributed by atoms with Gasteiger partial charge in [0, 0.05) is 28.8 Å². The molecule has 0 heterocycles. The molecule has 0 spiro atoms. The Hall–Kier alpha value is -4.45. The highest BCUT2D eigenvalue weighted by Gasteiger charge is 2.41. The van der Waals surface area contributed by atoms with Crippen molar-refractivity contribution >= 4 is 11.7 Å². The van der Waals surface area contributed by atoms with E-state index >= 15 is 0 Å². The summed E-state index contributed by atoms with van der Waals surface area (Å²) in [6, 6.07) is 31.7. The first-order chi connectivity index (χ1) is 16.0. The van der Waals surface area contributed by atoms with Crippen LogP contribution in [0, 0.1) is 10.1 Å². The molecule has 0 unspecified atom stereocenters. The molecule has 4 aromatic rings. The zero-order valence-electron chi connectivity index (χ0n) is 17.9. The van der Waals surface area contributed by atoms with Crippen LogP contribution in [0.4, 0.5) is 5.69 Å². The summed E-state index contributed by atoms with van der Waals surface area (Å²) in [4.78, 5) is 23.9. The van der Waals surface area contributed by atoms with Crippen molar-refractivity contribution in [3.8, 4) is 5.75 Å². The van der Waals surface area contributed by atoms with Crippen LogP contribution in [0.25, 0.3) is 0 Å². The first-order valence-electron chi connectivity index (χ1n) is 10.3. The third-order valence-electron chi connectivity index (χ3n) is 5.42. The standard InChI is InChI=1S/C27H21NO5/c1-32-25-18-14-23(15-19-25)27(21-8-4-2-5-9-21,22-10-6-3-7-11-22)33-26(29)20-12-16-24(17-13-20)28(30)31/h2-19H,1H3. The van der Waals surface area contributed by atoms with Gasteiger partial charge in [0.15, 0.2) is 5.60 Å². The molecule has 0 aliphatic carbocycles. The maximum absolute atomic E-state index is 13.4. The number of benzene rings is 4. The molecule has 0 aromatic heterocycles. The summed E-state index contributed by atoms with van der Waals surface area (Å²) < 4.78 is 11.6. The van der Waals surface area contributed by atoms with Crippen LogP contribution in [0.1, 0.15) is 27.0 Å². The van der Waals surface area contributed by atoms with Crippen molar-refractivity contribution in [3.63, 3.8) is 0 Å². The maximum atomic E-state index is 13.4. The number of carbonyl (C=O) groups excluding carboxylic acids is 1. The fourth-order valence-corrected chi connectivity index (χ4v) is 3.77. The summed E-state index contributed by atoms with van der Waals surface area (Å²) in [5.41, 5.74) is 1.11. The maximum Gasteiger partial charge on any atom is 0.339 e. The Morgan fingerprint density at radius 1 is 0.727 bits per heavy atom. The fourth-order valence-electron chi connectivity index (χ4n) is 3.77. The molecule has 0 fully saturated rings. The lowest BCUT2D eigenvalue weighted by molar-refractivity contribution is -0.384. The number of nitro benzene ring substituents is 1. The Morgan fingerprint density at radius 2 is 1.21 bits per heavy atom. The number of carbonyl (C=O) groups is 1. The van der Waals surface area contributed by atoms with Crippen molar-refractivity contribution in [1.29, 1.82) is 0 Å². The van der Waals surface area contributed by atoms with Crippen LogP contribution in [0.3, 0.4) is 0 Å². The number of nitrogens with zero attached hydrogens (tertiary/aromatic N) is 1. The Bertz CT molecular complexity index is 1200. The summed E-state index contributed by atoms with van der Waals surface area (Å²) in [5, 5.41) is 11.0. The monoisotopic (exact) mass is 439 g/mol. The van der Waals surface area contributed by atoms with Gasteiger partial charge in [-0.3, -0.25) is 10.1 Å². The first kappa shape index (κ1) is 21.8. The van der Waals surface area contributed by atoms with Gasteiger partial charge in [0.2, 0.25) is 0 Å². The molecule has 6 heteroatoms. The molecule has 0 atom stereocenters. The SMILES string of the molecule is COc1ccc(C(OC(=O)c2ccc([N+](=O)[O-])cc2)(c2ccccc2)c2ccccc2)cc1. The van der Waals surface area contributed by atoms with Gasteiger partial charge in [-0.2, -0.15) is 0 Å². The largest absolute Gasteiger partial charge is 0.497 e. The number of hydrogen-bond acceptors (Lipinski definition) is 5. The molecule has 0 saturated heterocycles. The normalized spacial score (nSPS) is 10.9. The zero-order valence-corrected chi connectivity index (χ0v) is 17.9. The lowest BCUT2D eigenvalue weighted by Gasteiger charge is -2.35. The van der Waals surface area contributed by atoms with Crippen LogP contribution < -0.4 is 4.74 Å². The van der Waals surface area contributed by atoms with Crippen LogP contribution in [-0.2, 0) is 10.3 Å². The van der Waals surface area contributed by atoms with E-state index in [1.165, 1.54) is 24.3 Å². The predicted molar refractivity (Wildman–Crippen MR) is 124 cm³/mol. The van der Waals surface area contributed by atoms with Crippen LogP contribution in [0.15, 0.2) is 109 Å². The molecule has 6 nitrogen and oxygen atoms in total.